The highest BCUT2D eigenvalue weighted by molar-refractivity contribution is 5.19. The number of hydrogen-bond acceptors (Lipinski definition) is 3. The first-order valence-electron chi connectivity index (χ1n) is 9.01. The molecule has 1 aliphatic heterocycles. The summed E-state index contributed by atoms with van der Waals surface area (Å²) in [4.78, 5) is 2.65. The van der Waals surface area contributed by atoms with Crippen LogP contribution in [0.15, 0.2) is 24.3 Å². The SMILES string of the molecule is CC(NCC1(N2CCOCC2)CCCCC1)c1ccc(F)cc1. The van der Waals surface area contributed by atoms with Gasteiger partial charge in [0.1, 0.15) is 5.82 Å². The molecule has 2 fully saturated rings. The quantitative estimate of drug-likeness (QED) is 0.898. The number of halogens is 1. The van der Waals surface area contributed by atoms with Crippen LogP contribution in [0, 0.1) is 5.82 Å². The average Bonchev–Trinajstić information content (AvgIpc) is 2.62. The first kappa shape index (κ1) is 16.9. The van der Waals surface area contributed by atoms with Crippen molar-refractivity contribution < 1.29 is 9.13 Å². The minimum atomic E-state index is -0.169. The van der Waals surface area contributed by atoms with Crippen LogP contribution in [0.3, 0.4) is 0 Å². The van der Waals surface area contributed by atoms with Gasteiger partial charge in [-0.05, 0) is 37.5 Å². The Kier molecular flexibility index (Phi) is 5.67. The second-order valence-electron chi connectivity index (χ2n) is 7.04. The molecule has 1 atom stereocenters. The molecule has 1 aliphatic carbocycles. The fourth-order valence-electron chi connectivity index (χ4n) is 4.06. The number of hydrogen-bond donors (Lipinski definition) is 1. The largest absolute Gasteiger partial charge is 0.379 e. The van der Waals surface area contributed by atoms with Crippen molar-refractivity contribution in [1.82, 2.24) is 10.2 Å². The summed E-state index contributed by atoms with van der Waals surface area (Å²) in [5.41, 5.74) is 1.43. The van der Waals surface area contributed by atoms with Gasteiger partial charge < -0.3 is 10.1 Å². The predicted octanol–water partition coefficient (Wildman–Crippen LogP) is 3.51. The Morgan fingerprint density at radius 1 is 1.13 bits per heavy atom. The highest BCUT2D eigenvalue weighted by Crippen LogP contribution is 2.34. The van der Waals surface area contributed by atoms with Gasteiger partial charge in [0.2, 0.25) is 0 Å². The molecule has 0 amide bonds. The molecule has 1 heterocycles. The van der Waals surface area contributed by atoms with Crippen molar-refractivity contribution in [1.29, 1.82) is 0 Å². The average molecular weight is 320 g/mol. The summed E-state index contributed by atoms with van der Waals surface area (Å²) in [7, 11) is 0. The zero-order valence-corrected chi connectivity index (χ0v) is 14.2. The van der Waals surface area contributed by atoms with Crippen LogP contribution in [-0.4, -0.2) is 43.3 Å². The molecule has 1 aromatic carbocycles. The second-order valence-corrected chi connectivity index (χ2v) is 7.04. The lowest BCUT2D eigenvalue weighted by Gasteiger charge is -2.48. The molecular weight excluding hydrogens is 291 g/mol. The molecular formula is C19H29FN2O. The van der Waals surface area contributed by atoms with Crippen molar-refractivity contribution in [3.8, 4) is 0 Å². The Morgan fingerprint density at radius 3 is 2.43 bits per heavy atom. The van der Waals surface area contributed by atoms with E-state index in [9.17, 15) is 4.39 Å². The van der Waals surface area contributed by atoms with Gasteiger partial charge in [-0.2, -0.15) is 0 Å². The Balaban J connectivity index is 1.64. The van der Waals surface area contributed by atoms with Crippen molar-refractivity contribution >= 4 is 0 Å². The van der Waals surface area contributed by atoms with Crippen LogP contribution in [-0.2, 0) is 4.74 Å². The predicted molar refractivity (Wildman–Crippen MR) is 91.0 cm³/mol. The lowest BCUT2D eigenvalue weighted by molar-refractivity contribution is -0.0375. The first-order chi connectivity index (χ1) is 11.2. The molecule has 23 heavy (non-hydrogen) atoms. The van der Waals surface area contributed by atoms with E-state index in [4.69, 9.17) is 4.74 Å². The van der Waals surface area contributed by atoms with E-state index in [1.807, 2.05) is 12.1 Å². The fourth-order valence-corrected chi connectivity index (χ4v) is 4.06. The topological polar surface area (TPSA) is 24.5 Å². The highest BCUT2D eigenvalue weighted by atomic mass is 19.1. The van der Waals surface area contributed by atoms with Gasteiger partial charge >= 0.3 is 0 Å². The molecule has 1 saturated heterocycles. The zero-order valence-electron chi connectivity index (χ0n) is 14.2. The van der Waals surface area contributed by atoms with Gasteiger partial charge in [-0.1, -0.05) is 31.4 Å². The molecule has 1 unspecified atom stereocenters. The third-order valence-electron chi connectivity index (χ3n) is 5.57. The smallest absolute Gasteiger partial charge is 0.123 e. The Bertz CT molecular complexity index is 479. The number of nitrogens with zero attached hydrogens (tertiary/aromatic N) is 1. The summed E-state index contributed by atoms with van der Waals surface area (Å²) in [6.07, 6.45) is 6.56. The summed E-state index contributed by atoms with van der Waals surface area (Å²) in [5, 5.41) is 3.72. The van der Waals surface area contributed by atoms with Crippen molar-refractivity contribution in [2.45, 2.75) is 50.6 Å². The van der Waals surface area contributed by atoms with Gasteiger partial charge in [-0.15, -0.1) is 0 Å². The minimum Gasteiger partial charge on any atom is -0.379 e. The van der Waals surface area contributed by atoms with Gasteiger partial charge in [0, 0.05) is 31.2 Å². The maximum Gasteiger partial charge on any atom is 0.123 e. The molecule has 2 aliphatic rings. The van der Waals surface area contributed by atoms with E-state index in [1.54, 1.807) is 12.1 Å². The van der Waals surface area contributed by atoms with Crippen molar-refractivity contribution in [3.63, 3.8) is 0 Å². The lowest BCUT2D eigenvalue weighted by Crippen LogP contribution is -2.59. The second kappa shape index (κ2) is 7.73. The third kappa shape index (κ3) is 4.11. The van der Waals surface area contributed by atoms with E-state index in [0.717, 1.165) is 38.4 Å². The summed E-state index contributed by atoms with van der Waals surface area (Å²) < 4.78 is 18.6. The number of rotatable bonds is 5. The van der Waals surface area contributed by atoms with Crippen LogP contribution in [0.25, 0.3) is 0 Å². The summed E-state index contributed by atoms with van der Waals surface area (Å²) in [6, 6.07) is 7.11. The molecule has 0 aromatic heterocycles. The van der Waals surface area contributed by atoms with E-state index in [0.29, 0.717) is 0 Å². The molecule has 3 nitrogen and oxygen atoms in total. The van der Waals surface area contributed by atoms with E-state index in [1.165, 1.54) is 32.1 Å². The van der Waals surface area contributed by atoms with Crippen LogP contribution in [0.4, 0.5) is 4.39 Å². The third-order valence-corrected chi connectivity index (χ3v) is 5.57. The molecule has 3 rings (SSSR count). The molecule has 1 saturated carbocycles. The van der Waals surface area contributed by atoms with Gasteiger partial charge in [0.15, 0.2) is 0 Å². The summed E-state index contributed by atoms with van der Waals surface area (Å²) in [5.74, 6) is -0.169. The maximum absolute atomic E-state index is 13.1. The van der Waals surface area contributed by atoms with E-state index >= 15 is 0 Å². The van der Waals surface area contributed by atoms with Crippen LogP contribution >= 0.6 is 0 Å². The Labute approximate surface area is 139 Å². The molecule has 0 radical (unpaired) electrons. The highest BCUT2D eigenvalue weighted by Gasteiger charge is 2.38. The van der Waals surface area contributed by atoms with E-state index in [-0.39, 0.29) is 17.4 Å². The molecule has 128 valence electrons. The van der Waals surface area contributed by atoms with Crippen molar-refractivity contribution in [2.75, 3.05) is 32.8 Å². The van der Waals surface area contributed by atoms with Gasteiger partial charge in [-0.25, -0.2) is 4.39 Å². The fraction of sp³-hybridized carbons (Fsp3) is 0.684. The van der Waals surface area contributed by atoms with Gasteiger partial charge in [0.05, 0.1) is 13.2 Å². The Morgan fingerprint density at radius 2 is 1.78 bits per heavy atom. The first-order valence-corrected chi connectivity index (χ1v) is 9.01. The molecule has 0 bridgehead atoms. The van der Waals surface area contributed by atoms with Crippen LogP contribution in [0.1, 0.15) is 50.6 Å². The minimum absolute atomic E-state index is 0.169. The van der Waals surface area contributed by atoms with E-state index < -0.39 is 0 Å². The van der Waals surface area contributed by atoms with E-state index in [2.05, 4.69) is 17.1 Å². The number of benzene rings is 1. The maximum atomic E-state index is 13.1. The van der Waals surface area contributed by atoms with Gasteiger partial charge in [0.25, 0.3) is 0 Å². The summed E-state index contributed by atoms with van der Waals surface area (Å²) in [6.45, 7) is 6.98. The number of morpholine rings is 1. The standard InChI is InChI=1S/C19H29FN2O/c1-16(17-5-7-18(20)8-6-17)21-15-19(9-3-2-4-10-19)22-11-13-23-14-12-22/h5-8,16,21H,2-4,9-15H2,1H3. The van der Waals surface area contributed by atoms with Crippen LogP contribution in [0.5, 0.6) is 0 Å². The zero-order chi connectivity index (χ0) is 16.1. The Hall–Kier alpha value is -0.970. The number of nitrogens with one attached hydrogen (secondary N) is 1. The van der Waals surface area contributed by atoms with Gasteiger partial charge in [-0.3, -0.25) is 4.90 Å². The lowest BCUT2D eigenvalue weighted by atomic mass is 9.79. The van der Waals surface area contributed by atoms with Crippen LogP contribution < -0.4 is 5.32 Å². The van der Waals surface area contributed by atoms with Crippen molar-refractivity contribution in [3.05, 3.63) is 35.6 Å². The molecule has 1 aromatic rings. The normalized spacial score (nSPS) is 23.6. The molecule has 0 spiro atoms. The summed E-state index contributed by atoms with van der Waals surface area (Å²) >= 11 is 0. The molecule has 1 N–H and O–H groups in total. The van der Waals surface area contributed by atoms with Crippen molar-refractivity contribution in [2.24, 2.45) is 0 Å². The molecule has 4 heteroatoms. The monoisotopic (exact) mass is 320 g/mol. The van der Waals surface area contributed by atoms with Crippen LogP contribution in [0.2, 0.25) is 0 Å². The number of ether oxygens (including phenoxy) is 1.